The van der Waals surface area contributed by atoms with Crippen LogP contribution in [0.15, 0.2) is 35.4 Å². The van der Waals surface area contributed by atoms with Gasteiger partial charge >= 0.3 is 0 Å². The first-order chi connectivity index (χ1) is 8.40. The van der Waals surface area contributed by atoms with E-state index in [2.05, 4.69) is 82.8 Å². The summed E-state index contributed by atoms with van der Waals surface area (Å²) in [5, 5.41) is -0.163. The molecule has 0 saturated carbocycles. The van der Waals surface area contributed by atoms with Gasteiger partial charge in [-0.3, -0.25) is 0 Å². The van der Waals surface area contributed by atoms with E-state index in [0.717, 1.165) is 27.6 Å². The fourth-order valence-electron chi connectivity index (χ4n) is 1.50. The van der Waals surface area contributed by atoms with E-state index in [0.29, 0.717) is 0 Å². The molecule has 96 valence electrons. The third-order valence-corrected chi connectivity index (χ3v) is 7.93. The normalized spacial score (nSPS) is 12.8. The molecular formula is C12H7Br4ClS. The Kier molecular flexibility index (Phi) is 5.40. The van der Waals surface area contributed by atoms with Crippen LogP contribution in [0.5, 0.6) is 0 Å². The van der Waals surface area contributed by atoms with Gasteiger partial charge in [-0.1, -0.05) is 31.9 Å². The first-order valence-electron chi connectivity index (χ1n) is 4.94. The smallest absolute Gasteiger partial charge is 0.0939 e. The Morgan fingerprint density at radius 3 is 2.22 bits per heavy atom. The van der Waals surface area contributed by atoms with Crippen LogP contribution >= 0.6 is 86.7 Å². The molecule has 2 aromatic rings. The zero-order chi connectivity index (χ0) is 13.4. The number of benzene rings is 1. The summed E-state index contributed by atoms with van der Waals surface area (Å²) >= 11 is 22.3. The molecule has 1 heterocycles. The Bertz CT molecular complexity index is 575. The molecule has 0 radical (unpaired) electrons. The average molecular weight is 538 g/mol. The van der Waals surface area contributed by atoms with Crippen molar-refractivity contribution in [1.29, 1.82) is 0 Å². The van der Waals surface area contributed by atoms with Gasteiger partial charge in [0.25, 0.3) is 0 Å². The lowest BCUT2D eigenvalue weighted by atomic mass is 10.1. The Balaban J connectivity index is 2.45. The first-order valence-corrected chi connectivity index (χ1v) is 9.37. The van der Waals surface area contributed by atoms with E-state index in [-0.39, 0.29) is 5.38 Å². The third-order valence-electron chi connectivity index (χ3n) is 2.47. The van der Waals surface area contributed by atoms with Crippen LogP contribution in [-0.4, -0.2) is 0 Å². The van der Waals surface area contributed by atoms with Crippen molar-refractivity contribution in [2.45, 2.75) is 12.3 Å². The van der Waals surface area contributed by atoms with Gasteiger partial charge < -0.3 is 0 Å². The fraction of sp³-hybridized carbons (Fsp3) is 0.167. The topological polar surface area (TPSA) is 0 Å². The van der Waals surface area contributed by atoms with E-state index in [1.165, 1.54) is 5.56 Å². The van der Waals surface area contributed by atoms with Crippen molar-refractivity contribution in [3.05, 3.63) is 51.4 Å². The number of alkyl halides is 1. The van der Waals surface area contributed by atoms with E-state index >= 15 is 0 Å². The van der Waals surface area contributed by atoms with Crippen molar-refractivity contribution in [2.75, 3.05) is 0 Å². The molecule has 0 aliphatic rings. The van der Waals surface area contributed by atoms with Gasteiger partial charge in [0.05, 0.1) is 9.16 Å². The van der Waals surface area contributed by atoms with Crippen LogP contribution in [0.1, 0.15) is 21.4 Å². The highest BCUT2D eigenvalue weighted by molar-refractivity contribution is 9.13. The summed E-state index contributed by atoms with van der Waals surface area (Å²) < 4.78 is 4.20. The predicted octanol–water partition coefficient (Wildman–Crippen LogP) is 7.43. The van der Waals surface area contributed by atoms with Crippen molar-refractivity contribution in [3.8, 4) is 0 Å². The Morgan fingerprint density at radius 2 is 1.67 bits per heavy atom. The summed E-state index contributed by atoms with van der Waals surface area (Å²) in [7, 11) is 0. The lowest BCUT2D eigenvalue weighted by Crippen LogP contribution is -1.93. The van der Waals surface area contributed by atoms with Crippen LogP contribution in [0, 0.1) is 6.92 Å². The second-order valence-corrected chi connectivity index (χ2v) is 9.16. The minimum atomic E-state index is -0.163. The highest BCUT2D eigenvalue weighted by Gasteiger charge is 2.18. The summed E-state index contributed by atoms with van der Waals surface area (Å²) in [6.07, 6.45) is 0. The molecule has 0 amide bonds. The number of rotatable bonds is 2. The van der Waals surface area contributed by atoms with Crippen molar-refractivity contribution in [2.24, 2.45) is 0 Å². The molecule has 1 atom stereocenters. The number of thiophene rings is 1. The summed E-state index contributed by atoms with van der Waals surface area (Å²) in [6.45, 7) is 2.06. The number of hydrogen-bond acceptors (Lipinski definition) is 1. The van der Waals surface area contributed by atoms with Crippen molar-refractivity contribution < 1.29 is 0 Å². The maximum Gasteiger partial charge on any atom is 0.0939 e. The summed E-state index contributed by atoms with van der Waals surface area (Å²) in [6, 6.07) is 6.19. The molecule has 0 aliphatic heterocycles. The maximum atomic E-state index is 6.56. The lowest BCUT2D eigenvalue weighted by molar-refractivity contribution is 1.15. The standard InChI is InChI=1S/C12H7Br4ClS/c1-5-2-8(14)6(3-7(5)13)11(17)10-4-9(15)12(16)18-10/h2-4,11H,1H3. The quantitative estimate of drug-likeness (QED) is 0.349. The third kappa shape index (κ3) is 3.23. The monoisotopic (exact) mass is 534 g/mol. The van der Waals surface area contributed by atoms with Gasteiger partial charge in [-0.25, -0.2) is 0 Å². The predicted molar refractivity (Wildman–Crippen MR) is 94.0 cm³/mol. The van der Waals surface area contributed by atoms with Crippen molar-refractivity contribution >= 4 is 86.7 Å². The second kappa shape index (κ2) is 6.27. The maximum absolute atomic E-state index is 6.56. The summed E-state index contributed by atoms with van der Waals surface area (Å²) in [4.78, 5) is 1.10. The van der Waals surface area contributed by atoms with Gasteiger partial charge in [0, 0.05) is 18.3 Å². The molecular weight excluding hydrogens is 531 g/mol. The van der Waals surface area contributed by atoms with E-state index in [1.54, 1.807) is 11.3 Å². The molecule has 2 rings (SSSR count). The summed E-state index contributed by atoms with van der Waals surface area (Å²) in [5.74, 6) is 0. The highest BCUT2D eigenvalue weighted by Crippen LogP contribution is 2.43. The van der Waals surface area contributed by atoms with Crippen molar-refractivity contribution in [1.82, 2.24) is 0 Å². The van der Waals surface area contributed by atoms with Gasteiger partial charge in [0.15, 0.2) is 0 Å². The Hall–Kier alpha value is 1.13. The molecule has 1 unspecified atom stereocenters. The molecule has 0 aliphatic carbocycles. The largest absolute Gasteiger partial charge is 0.130 e. The van der Waals surface area contributed by atoms with Crippen LogP contribution in [-0.2, 0) is 0 Å². The first kappa shape index (κ1) is 15.5. The molecule has 0 saturated heterocycles. The molecule has 0 N–H and O–H groups in total. The molecule has 0 bridgehead atoms. The van der Waals surface area contributed by atoms with Crippen molar-refractivity contribution in [3.63, 3.8) is 0 Å². The molecule has 0 spiro atoms. The van der Waals surface area contributed by atoms with E-state index < -0.39 is 0 Å². The zero-order valence-corrected chi connectivity index (χ0v) is 17.0. The van der Waals surface area contributed by atoms with E-state index in [9.17, 15) is 0 Å². The SMILES string of the molecule is Cc1cc(Br)c(C(Cl)c2cc(Br)c(Br)s2)cc1Br. The zero-order valence-electron chi connectivity index (χ0n) is 9.11. The number of hydrogen-bond donors (Lipinski definition) is 0. The molecule has 1 aromatic carbocycles. The molecule has 0 nitrogen and oxygen atoms in total. The molecule has 18 heavy (non-hydrogen) atoms. The van der Waals surface area contributed by atoms with Crippen LogP contribution in [0.3, 0.4) is 0 Å². The number of aryl methyl sites for hydroxylation is 1. The van der Waals surface area contributed by atoms with E-state index in [1.807, 2.05) is 6.07 Å². The van der Waals surface area contributed by atoms with Crippen LogP contribution in [0.2, 0.25) is 0 Å². The highest BCUT2D eigenvalue weighted by atomic mass is 79.9. The van der Waals surface area contributed by atoms with Crippen LogP contribution < -0.4 is 0 Å². The second-order valence-electron chi connectivity index (χ2n) is 3.76. The van der Waals surface area contributed by atoms with Gasteiger partial charge in [-0.2, -0.15) is 0 Å². The van der Waals surface area contributed by atoms with Crippen LogP contribution in [0.25, 0.3) is 0 Å². The van der Waals surface area contributed by atoms with Crippen LogP contribution in [0.4, 0.5) is 0 Å². The van der Waals surface area contributed by atoms with Gasteiger partial charge in [0.2, 0.25) is 0 Å². The molecule has 6 heteroatoms. The number of halogens is 5. The lowest BCUT2D eigenvalue weighted by Gasteiger charge is -2.12. The molecule has 0 fully saturated rings. The van der Waals surface area contributed by atoms with Gasteiger partial charge in [0.1, 0.15) is 0 Å². The average Bonchev–Trinajstić information content (AvgIpc) is 2.63. The van der Waals surface area contributed by atoms with Gasteiger partial charge in [-0.05, 0) is 68.1 Å². The fourth-order valence-corrected chi connectivity index (χ4v) is 5.14. The van der Waals surface area contributed by atoms with E-state index in [4.69, 9.17) is 11.6 Å². The Morgan fingerprint density at radius 1 is 1.00 bits per heavy atom. The Labute approximate surface area is 149 Å². The van der Waals surface area contributed by atoms with Gasteiger partial charge in [-0.15, -0.1) is 22.9 Å². The summed E-state index contributed by atoms with van der Waals surface area (Å²) in [5.41, 5.74) is 2.25. The minimum Gasteiger partial charge on any atom is -0.130 e. The molecule has 1 aromatic heterocycles. The minimum absolute atomic E-state index is 0.163.